The molecule has 0 spiro atoms. The second-order valence-corrected chi connectivity index (χ2v) is 6.02. The van der Waals surface area contributed by atoms with Crippen molar-refractivity contribution in [3.05, 3.63) is 28.3 Å². The molecule has 0 aliphatic heterocycles. The molecule has 1 fully saturated rings. The Labute approximate surface area is 136 Å². The van der Waals surface area contributed by atoms with Gasteiger partial charge >= 0.3 is 0 Å². The predicted octanol–water partition coefficient (Wildman–Crippen LogP) is -1.15. The van der Waals surface area contributed by atoms with Gasteiger partial charge in [0.25, 0.3) is 0 Å². The van der Waals surface area contributed by atoms with E-state index in [0.717, 1.165) is 0 Å². The van der Waals surface area contributed by atoms with Crippen LogP contribution in [0.1, 0.15) is 29.7 Å². The number of aliphatic hydroxyl groups excluding tert-OH is 3. The van der Waals surface area contributed by atoms with E-state index >= 15 is 0 Å². The Balaban J connectivity index is 2.29. The molecule has 0 bridgehead atoms. The highest BCUT2D eigenvalue weighted by atomic mass is 16.3. The molecule has 2 aromatic rings. The fourth-order valence-corrected chi connectivity index (χ4v) is 3.26. The molecule has 128 valence electrons. The third kappa shape index (κ3) is 2.37. The van der Waals surface area contributed by atoms with Gasteiger partial charge in [-0.15, -0.1) is 0 Å². The molecule has 0 radical (unpaired) electrons. The van der Waals surface area contributed by atoms with Gasteiger partial charge in [0.15, 0.2) is 5.78 Å². The van der Waals surface area contributed by atoms with Crippen LogP contribution in [0, 0.1) is 5.92 Å². The maximum absolute atomic E-state index is 12.5. The highest BCUT2D eigenvalue weighted by Gasteiger charge is 2.42. The highest BCUT2D eigenvalue weighted by molar-refractivity contribution is 5.98. The first-order chi connectivity index (χ1) is 11.4. The van der Waals surface area contributed by atoms with Crippen molar-refractivity contribution in [1.29, 1.82) is 0 Å². The van der Waals surface area contributed by atoms with E-state index in [0.29, 0.717) is 0 Å². The first-order valence-electron chi connectivity index (χ1n) is 7.50. The van der Waals surface area contributed by atoms with Crippen molar-refractivity contribution in [1.82, 2.24) is 14.5 Å². The van der Waals surface area contributed by atoms with Crippen LogP contribution in [-0.2, 0) is 0 Å². The zero-order chi connectivity index (χ0) is 17.6. The molecular formula is C15H18N4O5. The van der Waals surface area contributed by atoms with Gasteiger partial charge < -0.3 is 25.6 Å². The van der Waals surface area contributed by atoms with Gasteiger partial charge in [0.05, 0.1) is 17.7 Å². The van der Waals surface area contributed by atoms with Crippen LogP contribution < -0.4 is 11.2 Å². The number of rotatable bonds is 3. The maximum atomic E-state index is 12.5. The Morgan fingerprint density at radius 3 is 2.67 bits per heavy atom. The lowest BCUT2D eigenvalue weighted by molar-refractivity contribution is -0.00372. The molecule has 1 aliphatic carbocycles. The summed E-state index contributed by atoms with van der Waals surface area (Å²) in [6.45, 7) is 0.965. The van der Waals surface area contributed by atoms with Gasteiger partial charge in [-0.1, -0.05) is 0 Å². The van der Waals surface area contributed by atoms with Crippen LogP contribution in [0.5, 0.6) is 0 Å². The Morgan fingerprint density at radius 1 is 1.38 bits per heavy atom. The van der Waals surface area contributed by atoms with Crippen molar-refractivity contribution in [2.24, 2.45) is 5.92 Å². The molecule has 1 unspecified atom stereocenters. The topological polar surface area (TPSA) is 152 Å². The van der Waals surface area contributed by atoms with Gasteiger partial charge in [0.2, 0.25) is 5.43 Å². The molecule has 4 atom stereocenters. The second kappa shape index (κ2) is 5.93. The minimum atomic E-state index is -1.18. The highest BCUT2D eigenvalue weighted by Crippen LogP contribution is 2.36. The number of hydrogen-bond acceptors (Lipinski definition) is 8. The smallest absolute Gasteiger partial charge is 0.205 e. The zero-order valence-corrected chi connectivity index (χ0v) is 13.0. The van der Waals surface area contributed by atoms with Crippen molar-refractivity contribution < 1.29 is 20.1 Å². The largest absolute Gasteiger partial charge is 0.396 e. The third-order valence-electron chi connectivity index (χ3n) is 4.58. The molecule has 0 saturated heterocycles. The molecule has 5 N–H and O–H groups in total. The van der Waals surface area contributed by atoms with E-state index in [2.05, 4.69) is 9.97 Å². The Kier molecular flexibility index (Phi) is 4.08. The lowest BCUT2D eigenvalue weighted by atomic mass is 10.1. The van der Waals surface area contributed by atoms with Gasteiger partial charge in [-0.05, 0) is 13.3 Å². The van der Waals surface area contributed by atoms with Crippen molar-refractivity contribution in [2.45, 2.75) is 31.6 Å². The minimum Gasteiger partial charge on any atom is -0.396 e. The van der Waals surface area contributed by atoms with Crippen LogP contribution in [0.3, 0.4) is 0 Å². The number of carbonyl (C=O) groups excluding carboxylic acids is 1. The Bertz CT molecular complexity index is 865. The number of pyridine rings is 1. The maximum Gasteiger partial charge on any atom is 0.205 e. The van der Waals surface area contributed by atoms with Crippen molar-refractivity contribution in [2.75, 3.05) is 12.3 Å². The van der Waals surface area contributed by atoms with Crippen LogP contribution in [0.4, 0.5) is 5.82 Å². The Hall–Kier alpha value is -2.36. The number of nitrogen functional groups attached to an aromatic ring is 1. The van der Waals surface area contributed by atoms with E-state index < -0.39 is 35.4 Å². The number of hydrogen-bond donors (Lipinski definition) is 4. The van der Waals surface area contributed by atoms with Crippen molar-refractivity contribution in [3.63, 3.8) is 0 Å². The van der Waals surface area contributed by atoms with E-state index in [-0.39, 0.29) is 35.4 Å². The average Bonchev–Trinajstić information content (AvgIpc) is 2.83. The predicted molar refractivity (Wildman–Crippen MR) is 84.5 cm³/mol. The number of nitrogens with zero attached hydrogens (tertiary/aromatic N) is 3. The first kappa shape index (κ1) is 16.5. The van der Waals surface area contributed by atoms with Gasteiger partial charge in [-0.25, -0.2) is 9.97 Å². The van der Waals surface area contributed by atoms with Crippen LogP contribution in [0.15, 0.2) is 17.3 Å². The summed E-state index contributed by atoms with van der Waals surface area (Å²) in [5.41, 5.74) is 5.29. The number of ketones is 1. The first-order valence-corrected chi connectivity index (χ1v) is 7.50. The third-order valence-corrected chi connectivity index (χ3v) is 4.58. The summed E-state index contributed by atoms with van der Waals surface area (Å²) < 4.78 is 1.47. The van der Waals surface area contributed by atoms with E-state index in [1.165, 1.54) is 24.0 Å². The van der Waals surface area contributed by atoms with Gasteiger partial charge in [0, 0.05) is 18.7 Å². The molecule has 3 rings (SSSR count). The standard InChI is InChI=1S/C15H18N4O5/c1-6(21)8-3-19(9-2-7(4-20)11(22)13(9)24)15-10(12(8)23)14(16)17-5-18-15/h3,5,7,9,11,13,20,22,24H,2,4H2,1H3,(H2,16,17,18)/t7-,9?,11-,13+/m1/s1. The van der Waals surface area contributed by atoms with E-state index in [9.17, 15) is 24.9 Å². The number of anilines is 1. The summed E-state index contributed by atoms with van der Waals surface area (Å²) in [4.78, 5) is 32.1. The monoisotopic (exact) mass is 334 g/mol. The molecular weight excluding hydrogens is 316 g/mol. The van der Waals surface area contributed by atoms with Crippen LogP contribution >= 0.6 is 0 Å². The van der Waals surface area contributed by atoms with Crippen molar-refractivity contribution >= 4 is 22.6 Å². The molecule has 0 amide bonds. The quantitative estimate of drug-likeness (QED) is 0.514. The van der Waals surface area contributed by atoms with Crippen LogP contribution in [0.2, 0.25) is 0 Å². The second-order valence-electron chi connectivity index (χ2n) is 6.02. The van der Waals surface area contributed by atoms with Crippen molar-refractivity contribution in [3.8, 4) is 0 Å². The van der Waals surface area contributed by atoms with E-state index in [1.807, 2.05) is 0 Å². The van der Waals surface area contributed by atoms with Gasteiger partial charge in [-0.3, -0.25) is 9.59 Å². The summed E-state index contributed by atoms with van der Waals surface area (Å²) in [5, 5.41) is 29.7. The summed E-state index contributed by atoms with van der Waals surface area (Å²) in [5.74, 6) is -1.03. The fourth-order valence-electron chi connectivity index (χ4n) is 3.26. The summed E-state index contributed by atoms with van der Waals surface area (Å²) >= 11 is 0. The number of aromatic nitrogens is 3. The SMILES string of the molecule is CC(=O)c1cn(C2C[C@H](CO)[C@@H](O)[C@H]2O)c2ncnc(N)c2c1=O. The lowest BCUT2D eigenvalue weighted by Gasteiger charge is -2.22. The number of fused-ring (bicyclic) bond motifs is 1. The lowest BCUT2D eigenvalue weighted by Crippen LogP contribution is -2.31. The Morgan fingerprint density at radius 2 is 2.08 bits per heavy atom. The average molecular weight is 334 g/mol. The van der Waals surface area contributed by atoms with Crippen LogP contribution in [0.25, 0.3) is 11.0 Å². The van der Waals surface area contributed by atoms with Crippen LogP contribution in [-0.4, -0.2) is 54.5 Å². The normalized spacial score (nSPS) is 26.8. The fraction of sp³-hybridized carbons (Fsp3) is 0.467. The molecule has 1 aliphatic rings. The van der Waals surface area contributed by atoms with E-state index in [1.54, 1.807) is 0 Å². The molecule has 24 heavy (non-hydrogen) atoms. The summed E-state index contributed by atoms with van der Waals surface area (Å²) in [7, 11) is 0. The molecule has 9 heteroatoms. The number of aliphatic hydroxyl groups is 3. The minimum absolute atomic E-state index is 0.000613. The molecule has 9 nitrogen and oxygen atoms in total. The molecule has 2 heterocycles. The number of nitrogens with two attached hydrogens (primary N) is 1. The number of carbonyl (C=O) groups is 1. The molecule has 1 saturated carbocycles. The molecule has 0 aromatic carbocycles. The molecule has 2 aromatic heterocycles. The van der Waals surface area contributed by atoms with E-state index in [4.69, 9.17) is 5.73 Å². The zero-order valence-electron chi connectivity index (χ0n) is 13.0. The van der Waals surface area contributed by atoms with Gasteiger partial charge in [0.1, 0.15) is 29.3 Å². The summed E-state index contributed by atoms with van der Waals surface area (Å²) in [6, 6.07) is -0.660. The summed E-state index contributed by atoms with van der Waals surface area (Å²) in [6.07, 6.45) is 0.471. The number of Topliss-reactive ketones (excluding diaryl/α,β-unsaturated/α-hetero) is 1. The van der Waals surface area contributed by atoms with Gasteiger partial charge in [-0.2, -0.15) is 0 Å².